The van der Waals surface area contributed by atoms with Gasteiger partial charge in [0, 0.05) is 7.11 Å². The van der Waals surface area contributed by atoms with Gasteiger partial charge in [-0.2, -0.15) is 0 Å². The van der Waals surface area contributed by atoms with Crippen molar-refractivity contribution in [3.8, 4) is 0 Å². The van der Waals surface area contributed by atoms with Crippen molar-refractivity contribution in [3.05, 3.63) is 46.3 Å². The molecule has 7 nitrogen and oxygen atoms in total. The first-order valence-corrected chi connectivity index (χ1v) is 9.70. The van der Waals surface area contributed by atoms with E-state index in [1.807, 2.05) is 24.3 Å². The molecule has 0 saturated heterocycles. The third kappa shape index (κ3) is 4.76. The second kappa shape index (κ2) is 8.85. The van der Waals surface area contributed by atoms with Crippen LogP contribution >= 0.6 is 22.7 Å². The van der Waals surface area contributed by atoms with Crippen molar-refractivity contribution in [2.75, 3.05) is 25.6 Å². The molecule has 0 fully saturated rings. The lowest BCUT2D eigenvalue weighted by molar-refractivity contribution is -0.143. The highest BCUT2D eigenvalue weighted by Gasteiger charge is 2.20. The number of aromatic nitrogens is 1. The number of thiazole rings is 1. The predicted octanol–water partition coefficient (Wildman–Crippen LogP) is 3.37. The molecule has 0 unspecified atom stereocenters. The van der Waals surface area contributed by atoms with Gasteiger partial charge < -0.3 is 14.8 Å². The number of hydrogen-bond donors (Lipinski definition) is 1. The lowest BCUT2D eigenvalue weighted by Crippen LogP contribution is -2.16. The van der Waals surface area contributed by atoms with E-state index >= 15 is 0 Å². The molecule has 0 aliphatic carbocycles. The number of ketones is 1. The number of nitrogens with zero attached hydrogens (tertiary/aromatic N) is 1. The average molecular weight is 404 g/mol. The van der Waals surface area contributed by atoms with E-state index in [0.717, 1.165) is 10.2 Å². The number of benzene rings is 1. The molecule has 3 rings (SSSR count). The van der Waals surface area contributed by atoms with Gasteiger partial charge in [-0.3, -0.25) is 14.4 Å². The molecule has 1 aromatic carbocycles. The number of rotatable bonds is 8. The number of thiophene rings is 1. The number of carbonyl (C=O) groups excluding carboxylic acids is 3. The van der Waals surface area contributed by atoms with Gasteiger partial charge in [0.25, 0.3) is 5.91 Å². The van der Waals surface area contributed by atoms with Crippen LogP contribution < -0.4 is 5.32 Å². The van der Waals surface area contributed by atoms with Crippen LogP contribution in [0.2, 0.25) is 0 Å². The molecule has 9 heteroatoms. The van der Waals surface area contributed by atoms with Crippen molar-refractivity contribution in [1.29, 1.82) is 0 Å². The summed E-state index contributed by atoms with van der Waals surface area (Å²) in [6.07, 6.45) is -0.398. The maximum absolute atomic E-state index is 12.5. The van der Waals surface area contributed by atoms with E-state index in [0.29, 0.717) is 10.0 Å². The zero-order chi connectivity index (χ0) is 19.2. The zero-order valence-electron chi connectivity index (χ0n) is 14.4. The Labute approximate surface area is 162 Å². The Hall–Kier alpha value is -2.62. The fraction of sp³-hybridized carbons (Fsp3) is 0.222. The lowest BCUT2D eigenvalue weighted by Gasteiger charge is -2.05. The van der Waals surface area contributed by atoms with E-state index in [1.165, 1.54) is 29.8 Å². The van der Waals surface area contributed by atoms with Crippen LogP contribution in [-0.2, 0) is 14.3 Å². The summed E-state index contributed by atoms with van der Waals surface area (Å²) in [6, 6.07) is 9.02. The van der Waals surface area contributed by atoms with Crippen molar-refractivity contribution >= 4 is 55.6 Å². The highest BCUT2D eigenvalue weighted by Crippen LogP contribution is 2.27. The Balaban J connectivity index is 1.66. The minimum atomic E-state index is -0.633. The van der Waals surface area contributed by atoms with E-state index in [4.69, 9.17) is 9.47 Å². The van der Waals surface area contributed by atoms with Gasteiger partial charge in [0.1, 0.15) is 18.0 Å². The molecular formula is C18H16N2O5S2. The molecule has 3 aromatic rings. The lowest BCUT2D eigenvalue weighted by atomic mass is 10.1. The monoisotopic (exact) mass is 404 g/mol. The van der Waals surface area contributed by atoms with E-state index in [9.17, 15) is 14.4 Å². The molecule has 0 spiro atoms. The van der Waals surface area contributed by atoms with Gasteiger partial charge in [-0.05, 0) is 23.6 Å². The second-order valence-corrected chi connectivity index (χ2v) is 7.36. The van der Waals surface area contributed by atoms with Crippen LogP contribution in [0.15, 0.2) is 35.7 Å². The summed E-state index contributed by atoms with van der Waals surface area (Å²) in [7, 11) is 1.49. The largest absolute Gasteiger partial charge is 0.463 e. The number of amides is 1. The van der Waals surface area contributed by atoms with Crippen LogP contribution in [0.3, 0.4) is 0 Å². The number of anilines is 1. The molecule has 0 aliphatic heterocycles. The van der Waals surface area contributed by atoms with Crippen LogP contribution in [-0.4, -0.2) is 43.0 Å². The minimum absolute atomic E-state index is 0.0907. The van der Waals surface area contributed by atoms with Crippen LogP contribution in [0, 0.1) is 0 Å². The first-order valence-electron chi connectivity index (χ1n) is 8.00. The summed E-state index contributed by atoms with van der Waals surface area (Å²) in [5.41, 5.74) is 1.02. The third-order valence-electron chi connectivity index (χ3n) is 3.54. The number of para-hydroxylation sites is 1. The quantitative estimate of drug-likeness (QED) is 0.268. The topological polar surface area (TPSA) is 94.6 Å². The van der Waals surface area contributed by atoms with Crippen molar-refractivity contribution in [3.63, 3.8) is 0 Å². The molecule has 2 aromatic heterocycles. The smallest absolute Gasteiger partial charge is 0.313 e. The zero-order valence-corrected chi connectivity index (χ0v) is 16.0. The van der Waals surface area contributed by atoms with Gasteiger partial charge in [-0.15, -0.1) is 22.7 Å². The van der Waals surface area contributed by atoms with Crippen LogP contribution in [0.4, 0.5) is 5.00 Å². The van der Waals surface area contributed by atoms with Crippen molar-refractivity contribution in [2.24, 2.45) is 0 Å². The molecule has 0 radical (unpaired) electrons. The molecule has 0 atom stereocenters. The Morgan fingerprint density at radius 1 is 1.15 bits per heavy atom. The normalized spacial score (nSPS) is 10.7. The first-order chi connectivity index (χ1) is 13.1. The average Bonchev–Trinajstić information content (AvgIpc) is 3.28. The number of nitrogens with one attached hydrogen (secondary N) is 1. The number of Topliss-reactive ketones (excluding diaryl/α,β-unsaturated/α-hetero) is 1. The highest BCUT2D eigenvalue weighted by molar-refractivity contribution is 7.20. The molecular weight excluding hydrogens is 388 g/mol. The number of hydrogen-bond acceptors (Lipinski definition) is 8. The molecule has 0 aliphatic rings. The van der Waals surface area contributed by atoms with Crippen molar-refractivity contribution in [1.82, 2.24) is 4.98 Å². The highest BCUT2D eigenvalue weighted by atomic mass is 32.1. The van der Waals surface area contributed by atoms with Crippen LogP contribution in [0.25, 0.3) is 10.2 Å². The molecule has 140 valence electrons. The van der Waals surface area contributed by atoms with Crippen LogP contribution in [0.5, 0.6) is 0 Å². The summed E-state index contributed by atoms with van der Waals surface area (Å²) in [5, 5.41) is 5.08. The minimum Gasteiger partial charge on any atom is -0.463 e. The molecule has 1 N–H and O–H groups in total. The number of esters is 1. The maximum atomic E-state index is 12.5. The fourth-order valence-electron chi connectivity index (χ4n) is 2.27. The molecule has 27 heavy (non-hydrogen) atoms. The maximum Gasteiger partial charge on any atom is 0.313 e. The number of fused-ring (bicyclic) bond motifs is 1. The van der Waals surface area contributed by atoms with Gasteiger partial charge >= 0.3 is 5.97 Å². The number of methoxy groups -OCH3 is 1. The van der Waals surface area contributed by atoms with Gasteiger partial charge in [0.2, 0.25) is 0 Å². The summed E-state index contributed by atoms with van der Waals surface area (Å²) in [4.78, 5) is 40.8. The second-order valence-electron chi connectivity index (χ2n) is 5.42. The molecule has 0 bridgehead atoms. The van der Waals surface area contributed by atoms with Gasteiger partial charge in [0.15, 0.2) is 10.8 Å². The Morgan fingerprint density at radius 2 is 1.96 bits per heavy atom. The Morgan fingerprint density at radius 3 is 2.74 bits per heavy atom. The Kier molecular flexibility index (Phi) is 6.28. The fourth-order valence-corrected chi connectivity index (χ4v) is 3.93. The van der Waals surface area contributed by atoms with Gasteiger partial charge in [-0.25, -0.2) is 4.98 Å². The number of carbonyl (C=O) groups is 3. The van der Waals surface area contributed by atoms with Gasteiger partial charge in [0.05, 0.1) is 22.4 Å². The predicted molar refractivity (Wildman–Crippen MR) is 104 cm³/mol. The molecule has 1 amide bonds. The summed E-state index contributed by atoms with van der Waals surface area (Å²) in [6.45, 7) is 0.356. The van der Waals surface area contributed by atoms with Gasteiger partial charge in [-0.1, -0.05) is 12.1 Å². The summed E-state index contributed by atoms with van der Waals surface area (Å²) >= 11 is 2.48. The third-order valence-corrected chi connectivity index (χ3v) is 5.40. The Bertz CT molecular complexity index is 946. The summed E-state index contributed by atoms with van der Waals surface area (Å²) in [5.74, 6) is -1.44. The standard InChI is InChI=1S/C18H16N2O5S2/c1-24-7-8-25-15(22)10-13(21)11-6-9-26-17(11)20-16(23)18-19-12-4-2-3-5-14(12)27-18/h2-6,9H,7-8,10H2,1H3,(H,20,23). The van der Waals surface area contributed by atoms with E-state index in [2.05, 4.69) is 10.3 Å². The van der Waals surface area contributed by atoms with E-state index < -0.39 is 24.1 Å². The van der Waals surface area contributed by atoms with E-state index in [1.54, 1.807) is 11.4 Å². The molecule has 0 saturated carbocycles. The van der Waals surface area contributed by atoms with Crippen LogP contribution in [0.1, 0.15) is 26.6 Å². The SMILES string of the molecule is COCCOC(=O)CC(=O)c1ccsc1NC(=O)c1nc2ccccc2s1. The first kappa shape index (κ1) is 19.2. The van der Waals surface area contributed by atoms with Crippen molar-refractivity contribution in [2.45, 2.75) is 6.42 Å². The molecule has 2 heterocycles. The number of ether oxygens (including phenoxy) is 2. The van der Waals surface area contributed by atoms with E-state index in [-0.39, 0.29) is 18.8 Å². The summed E-state index contributed by atoms with van der Waals surface area (Å²) < 4.78 is 10.6. The van der Waals surface area contributed by atoms with Crippen molar-refractivity contribution < 1.29 is 23.9 Å².